The normalized spacial score (nSPS) is 13.0. The molecule has 1 atom stereocenters. The number of H-pyrrole nitrogens is 2. The maximum atomic E-state index is 12.3. The SMILES string of the molecule is CP(C)(C)=O.O=c1cc(-c2ccccc2)c2cc(C(O)(c3cccc(Br)c3)c3cnc[nH]3)ccc2[nH]1. The third kappa shape index (κ3) is 5.76. The summed E-state index contributed by atoms with van der Waals surface area (Å²) in [7, 11) is -1.64. The number of aliphatic hydroxyl groups is 1. The maximum Gasteiger partial charge on any atom is 0.249 e. The first-order chi connectivity index (χ1) is 17.1. The number of halogens is 1. The third-order valence-corrected chi connectivity index (χ3v) is 5.97. The van der Waals surface area contributed by atoms with Crippen molar-refractivity contribution in [2.24, 2.45) is 0 Å². The fraction of sp³-hybridized carbons (Fsp3) is 0.143. The maximum absolute atomic E-state index is 12.3. The number of aromatic amines is 2. The van der Waals surface area contributed by atoms with Crippen LogP contribution in [0.25, 0.3) is 22.0 Å². The first-order valence-corrected chi connectivity index (χ1v) is 15.1. The lowest BCUT2D eigenvalue weighted by atomic mass is 9.83. The second-order valence-electron chi connectivity index (χ2n) is 9.25. The van der Waals surface area contributed by atoms with Gasteiger partial charge in [0.25, 0.3) is 0 Å². The highest BCUT2D eigenvalue weighted by molar-refractivity contribution is 9.10. The van der Waals surface area contributed by atoms with E-state index in [1.807, 2.05) is 72.8 Å². The molecule has 1 unspecified atom stereocenters. The molecule has 5 rings (SSSR count). The Kier molecular flexibility index (Phi) is 7.46. The summed E-state index contributed by atoms with van der Waals surface area (Å²) in [5, 5.41) is 12.9. The van der Waals surface area contributed by atoms with Crippen molar-refractivity contribution in [3.63, 3.8) is 0 Å². The molecule has 0 aliphatic heterocycles. The second kappa shape index (κ2) is 10.4. The Morgan fingerprint density at radius 2 is 1.61 bits per heavy atom. The molecule has 0 aliphatic carbocycles. The summed E-state index contributed by atoms with van der Waals surface area (Å²) in [6, 6.07) is 24.5. The highest BCUT2D eigenvalue weighted by Crippen LogP contribution is 2.38. The molecule has 0 bridgehead atoms. The van der Waals surface area contributed by atoms with Crippen LogP contribution in [-0.2, 0) is 10.2 Å². The van der Waals surface area contributed by atoms with Gasteiger partial charge in [0.15, 0.2) is 5.60 Å². The van der Waals surface area contributed by atoms with Gasteiger partial charge in [-0.05, 0) is 66.5 Å². The molecule has 8 heteroatoms. The number of imidazole rings is 1. The fourth-order valence-electron chi connectivity index (χ4n) is 3.98. The van der Waals surface area contributed by atoms with E-state index in [4.69, 9.17) is 0 Å². The molecule has 3 aromatic carbocycles. The van der Waals surface area contributed by atoms with E-state index in [1.54, 1.807) is 38.6 Å². The van der Waals surface area contributed by atoms with Crippen molar-refractivity contribution < 1.29 is 9.67 Å². The van der Waals surface area contributed by atoms with Gasteiger partial charge in [0.1, 0.15) is 0 Å². The molecule has 6 nitrogen and oxygen atoms in total. The first-order valence-electron chi connectivity index (χ1n) is 11.3. The molecular formula is C28H27BrN3O3P. The number of fused-ring (bicyclic) bond motifs is 1. The lowest BCUT2D eigenvalue weighted by molar-refractivity contribution is 0.121. The summed E-state index contributed by atoms with van der Waals surface area (Å²) in [5.74, 6) is 0. The molecule has 184 valence electrons. The van der Waals surface area contributed by atoms with Crippen LogP contribution in [0.1, 0.15) is 16.8 Å². The van der Waals surface area contributed by atoms with E-state index in [-0.39, 0.29) is 5.56 Å². The lowest BCUT2D eigenvalue weighted by Gasteiger charge is -2.29. The molecule has 36 heavy (non-hydrogen) atoms. The van der Waals surface area contributed by atoms with E-state index >= 15 is 0 Å². The standard InChI is InChI=1S/C25H18BrN3O2.C3H9OP/c26-19-8-4-7-17(11-19)25(31,23-14-27-15-28-23)18-9-10-22-21(12-18)20(13-24(30)29-22)16-5-2-1-3-6-16;1-5(2,3)4/h1-15,31H,(H,27,28)(H,29,30);1-3H3. The van der Waals surface area contributed by atoms with Crippen molar-refractivity contribution in [3.8, 4) is 11.1 Å². The second-order valence-corrected chi connectivity index (χ2v) is 13.9. The van der Waals surface area contributed by atoms with Gasteiger partial charge in [-0.3, -0.25) is 4.79 Å². The van der Waals surface area contributed by atoms with Crippen LogP contribution in [0.2, 0.25) is 0 Å². The minimum atomic E-state index is -1.64. The summed E-state index contributed by atoms with van der Waals surface area (Å²) in [5.41, 5.74) is 2.72. The number of pyridine rings is 1. The number of nitrogens with one attached hydrogen (secondary N) is 2. The average Bonchev–Trinajstić information content (AvgIpc) is 3.38. The molecule has 2 heterocycles. The molecule has 3 N–H and O–H groups in total. The Bertz CT molecular complexity index is 1590. The Morgan fingerprint density at radius 3 is 2.25 bits per heavy atom. The molecule has 0 saturated carbocycles. The predicted octanol–water partition coefficient (Wildman–Crippen LogP) is 6.20. The van der Waals surface area contributed by atoms with E-state index in [1.165, 1.54) is 0 Å². The smallest absolute Gasteiger partial charge is 0.249 e. The topological polar surface area (TPSA) is 98.8 Å². The highest BCUT2D eigenvalue weighted by atomic mass is 79.9. The lowest BCUT2D eigenvalue weighted by Crippen LogP contribution is -2.29. The fourth-order valence-corrected chi connectivity index (χ4v) is 4.38. The van der Waals surface area contributed by atoms with Gasteiger partial charge in [-0.15, -0.1) is 0 Å². The minimum Gasteiger partial charge on any atom is -0.374 e. The molecule has 0 spiro atoms. The van der Waals surface area contributed by atoms with Crippen LogP contribution in [-0.4, -0.2) is 40.1 Å². The van der Waals surface area contributed by atoms with Gasteiger partial charge in [-0.2, -0.15) is 0 Å². The van der Waals surface area contributed by atoms with Crippen LogP contribution in [0.5, 0.6) is 0 Å². The van der Waals surface area contributed by atoms with Crippen molar-refractivity contribution in [2.45, 2.75) is 5.60 Å². The third-order valence-electron chi connectivity index (χ3n) is 5.48. The molecule has 0 saturated heterocycles. The highest BCUT2D eigenvalue weighted by Gasteiger charge is 2.36. The predicted molar refractivity (Wildman–Crippen MR) is 150 cm³/mol. The zero-order chi connectivity index (χ0) is 25.9. The van der Waals surface area contributed by atoms with Crippen LogP contribution in [0, 0.1) is 0 Å². The van der Waals surface area contributed by atoms with Gasteiger partial charge in [0.05, 0.1) is 25.4 Å². The molecule has 5 aromatic rings. The molecular weight excluding hydrogens is 537 g/mol. The summed E-state index contributed by atoms with van der Waals surface area (Å²) in [6.45, 7) is 5.23. The number of hydrogen-bond acceptors (Lipinski definition) is 4. The first kappa shape index (κ1) is 25.8. The monoisotopic (exact) mass is 563 g/mol. The summed E-state index contributed by atoms with van der Waals surface area (Å²) in [4.78, 5) is 22.4. The number of rotatable bonds is 4. The van der Waals surface area contributed by atoms with Gasteiger partial charge in [0.2, 0.25) is 5.56 Å². The average molecular weight is 564 g/mol. The molecule has 0 amide bonds. The Balaban J connectivity index is 0.000000556. The van der Waals surface area contributed by atoms with Crippen molar-refractivity contribution in [1.29, 1.82) is 0 Å². The van der Waals surface area contributed by atoms with Crippen LogP contribution in [0.3, 0.4) is 0 Å². The van der Waals surface area contributed by atoms with Crippen molar-refractivity contribution in [3.05, 3.63) is 123 Å². The summed E-state index contributed by atoms with van der Waals surface area (Å²) in [6.07, 6.45) is 3.17. The van der Waals surface area contributed by atoms with E-state index in [0.29, 0.717) is 22.3 Å². The largest absolute Gasteiger partial charge is 0.374 e. The van der Waals surface area contributed by atoms with Gasteiger partial charge in [-0.1, -0.05) is 64.5 Å². The van der Waals surface area contributed by atoms with Crippen LogP contribution in [0.4, 0.5) is 0 Å². The molecule has 0 radical (unpaired) electrons. The van der Waals surface area contributed by atoms with Crippen molar-refractivity contribution >= 4 is 34.0 Å². The van der Waals surface area contributed by atoms with Crippen LogP contribution < -0.4 is 5.56 Å². The number of benzene rings is 3. The quantitative estimate of drug-likeness (QED) is 0.226. The zero-order valence-electron chi connectivity index (χ0n) is 20.2. The Labute approximate surface area is 218 Å². The molecule has 2 aromatic heterocycles. The van der Waals surface area contributed by atoms with Crippen LogP contribution in [0.15, 0.2) is 101 Å². The van der Waals surface area contributed by atoms with Crippen LogP contribution >= 0.6 is 23.1 Å². The van der Waals surface area contributed by atoms with E-state index in [2.05, 4.69) is 30.9 Å². The van der Waals surface area contributed by atoms with Gasteiger partial charge in [0, 0.05) is 21.4 Å². The van der Waals surface area contributed by atoms with E-state index in [9.17, 15) is 14.5 Å². The van der Waals surface area contributed by atoms with Crippen molar-refractivity contribution in [1.82, 2.24) is 15.0 Å². The Morgan fingerprint density at radius 1 is 0.917 bits per heavy atom. The Hall–Kier alpha value is -3.25. The zero-order valence-corrected chi connectivity index (χ0v) is 22.7. The molecule has 0 aliphatic rings. The van der Waals surface area contributed by atoms with Gasteiger partial charge < -0.3 is 19.6 Å². The van der Waals surface area contributed by atoms with Crippen molar-refractivity contribution in [2.75, 3.05) is 20.0 Å². The van der Waals surface area contributed by atoms with E-state index in [0.717, 1.165) is 21.0 Å². The van der Waals surface area contributed by atoms with E-state index < -0.39 is 12.7 Å². The summed E-state index contributed by atoms with van der Waals surface area (Å²) < 4.78 is 11.1. The number of aromatic nitrogens is 3. The van der Waals surface area contributed by atoms with Gasteiger partial charge in [-0.25, -0.2) is 4.98 Å². The summed E-state index contributed by atoms with van der Waals surface area (Å²) >= 11 is 3.50. The molecule has 0 fully saturated rings. The number of nitrogens with zero attached hydrogens (tertiary/aromatic N) is 1. The van der Waals surface area contributed by atoms with Gasteiger partial charge >= 0.3 is 0 Å². The number of hydrogen-bond donors (Lipinski definition) is 3. The minimum absolute atomic E-state index is 0.171.